The molecule has 29 heavy (non-hydrogen) atoms. The number of carbonyl (C=O) groups excluding carboxylic acids is 1. The Morgan fingerprint density at radius 3 is 2.28 bits per heavy atom. The smallest absolute Gasteiger partial charge is 0.243 e. The summed E-state index contributed by atoms with van der Waals surface area (Å²) in [5.74, 6) is 0.325. The maximum absolute atomic E-state index is 12.6. The van der Waals surface area contributed by atoms with Crippen LogP contribution < -0.4 is 14.4 Å². The van der Waals surface area contributed by atoms with Gasteiger partial charge in [0.15, 0.2) is 0 Å². The summed E-state index contributed by atoms with van der Waals surface area (Å²) >= 11 is 0. The Balaban J connectivity index is 1.98. The molecule has 0 aliphatic carbocycles. The number of amides is 1. The van der Waals surface area contributed by atoms with Gasteiger partial charge in [0.1, 0.15) is 11.8 Å². The molecule has 0 saturated heterocycles. The largest absolute Gasteiger partial charge is 0.494 e. The molecule has 1 atom stereocenters. The minimum atomic E-state index is -3.63. The summed E-state index contributed by atoms with van der Waals surface area (Å²) in [6.07, 6.45) is 2.73. The number of aryl methyl sites for hydroxylation is 2. The number of carbonyl (C=O) groups is 1. The van der Waals surface area contributed by atoms with E-state index in [0.29, 0.717) is 24.6 Å². The molecule has 0 bridgehead atoms. The van der Waals surface area contributed by atoms with E-state index in [1.54, 1.807) is 31.2 Å². The van der Waals surface area contributed by atoms with Gasteiger partial charge >= 0.3 is 0 Å². The van der Waals surface area contributed by atoms with Crippen molar-refractivity contribution in [2.75, 3.05) is 23.7 Å². The molecule has 2 aromatic rings. The molecule has 6 nitrogen and oxygen atoms in total. The molecular weight excluding hydrogens is 388 g/mol. The van der Waals surface area contributed by atoms with Crippen molar-refractivity contribution in [1.82, 2.24) is 5.32 Å². The average molecular weight is 419 g/mol. The lowest BCUT2D eigenvalue weighted by molar-refractivity contribution is -0.121. The van der Waals surface area contributed by atoms with Crippen molar-refractivity contribution in [3.05, 3.63) is 59.7 Å². The molecule has 0 aliphatic heterocycles. The summed E-state index contributed by atoms with van der Waals surface area (Å²) in [6, 6.07) is 14.1. The first kappa shape index (κ1) is 22.7. The highest BCUT2D eigenvalue weighted by molar-refractivity contribution is 7.92. The fraction of sp³-hybridized carbons (Fsp3) is 0.409. The first-order valence-corrected chi connectivity index (χ1v) is 11.6. The minimum Gasteiger partial charge on any atom is -0.494 e. The van der Waals surface area contributed by atoms with E-state index in [1.165, 1.54) is 11.1 Å². The second-order valence-corrected chi connectivity index (χ2v) is 8.90. The van der Waals surface area contributed by atoms with Gasteiger partial charge in [0.2, 0.25) is 15.9 Å². The molecule has 0 fully saturated rings. The number of ether oxygens (including phenoxy) is 1. The van der Waals surface area contributed by atoms with Crippen LogP contribution in [0.15, 0.2) is 48.5 Å². The van der Waals surface area contributed by atoms with Gasteiger partial charge in [-0.25, -0.2) is 8.42 Å². The second kappa shape index (κ2) is 10.3. The zero-order valence-corrected chi connectivity index (χ0v) is 18.3. The fourth-order valence-electron chi connectivity index (χ4n) is 3.07. The predicted octanol–water partition coefficient (Wildman–Crippen LogP) is 3.30. The summed E-state index contributed by atoms with van der Waals surface area (Å²) in [4.78, 5) is 12.6. The van der Waals surface area contributed by atoms with Crippen LogP contribution in [0.5, 0.6) is 5.75 Å². The number of nitrogens with zero attached hydrogens (tertiary/aromatic N) is 1. The summed E-state index contributed by atoms with van der Waals surface area (Å²) in [5.41, 5.74) is 2.86. The van der Waals surface area contributed by atoms with Crippen LogP contribution in [0.3, 0.4) is 0 Å². The second-order valence-electron chi connectivity index (χ2n) is 7.04. The van der Waals surface area contributed by atoms with Gasteiger partial charge in [-0.3, -0.25) is 9.10 Å². The Hall–Kier alpha value is -2.54. The molecule has 0 spiro atoms. The molecule has 1 amide bonds. The molecule has 1 N–H and O–H groups in total. The van der Waals surface area contributed by atoms with Crippen molar-refractivity contribution in [3.8, 4) is 5.75 Å². The lowest BCUT2D eigenvalue weighted by atomic mass is 10.1. The summed E-state index contributed by atoms with van der Waals surface area (Å²) < 4.78 is 31.2. The van der Waals surface area contributed by atoms with Crippen LogP contribution in [0.25, 0.3) is 0 Å². The van der Waals surface area contributed by atoms with E-state index in [2.05, 4.69) is 29.6 Å². The zero-order valence-electron chi connectivity index (χ0n) is 17.5. The first-order valence-electron chi connectivity index (χ1n) is 9.78. The minimum absolute atomic E-state index is 0.326. The summed E-state index contributed by atoms with van der Waals surface area (Å²) in [6.45, 7) is 6.52. The topological polar surface area (TPSA) is 75.7 Å². The molecule has 0 heterocycles. The Morgan fingerprint density at radius 1 is 1.10 bits per heavy atom. The van der Waals surface area contributed by atoms with E-state index in [9.17, 15) is 13.2 Å². The Morgan fingerprint density at radius 2 is 1.72 bits per heavy atom. The van der Waals surface area contributed by atoms with Crippen LogP contribution in [0.1, 0.15) is 31.4 Å². The summed E-state index contributed by atoms with van der Waals surface area (Å²) in [7, 11) is -3.63. The lowest BCUT2D eigenvalue weighted by Gasteiger charge is -2.28. The normalized spacial score (nSPS) is 12.3. The zero-order chi connectivity index (χ0) is 21.4. The number of hydrogen-bond acceptors (Lipinski definition) is 4. The number of nitrogens with one attached hydrogen (secondary N) is 1. The monoisotopic (exact) mass is 418 g/mol. The summed E-state index contributed by atoms with van der Waals surface area (Å²) in [5, 5.41) is 2.85. The maximum atomic E-state index is 12.6. The van der Waals surface area contributed by atoms with Gasteiger partial charge in [-0.05, 0) is 63.4 Å². The quantitative estimate of drug-likeness (QED) is 0.601. The number of rotatable bonds is 10. The van der Waals surface area contributed by atoms with Crippen molar-refractivity contribution < 1.29 is 17.9 Å². The molecule has 0 unspecified atom stereocenters. The molecule has 0 radical (unpaired) electrons. The van der Waals surface area contributed by atoms with E-state index in [0.717, 1.165) is 23.4 Å². The van der Waals surface area contributed by atoms with Crippen LogP contribution in [0.2, 0.25) is 0 Å². The van der Waals surface area contributed by atoms with Gasteiger partial charge < -0.3 is 10.1 Å². The molecule has 0 aromatic heterocycles. The van der Waals surface area contributed by atoms with Crippen molar-refractivity contribution in [1.29, 1.82) is 0 Å². The van der Waals surface area contributed by atoms with Crippen molar-refractivity contribution in [3.63, 3.8) is 0 Å². The van der Waals surface area contributed by atoms with Gasteiger partial charge in [0, 0.05) is 6.54 Å². The highest BCUT2D eigenvalue weighted by Gasteiger charge is 2.28. The van der Waals surface area contributed by atoms with Crippen LogP contribution in [0.4, 0.5) is 5.69 Å². The molecular formula is C22H30N2O4S. The predicted molar refractivity (Wildman–Crippen MR) is 117 cm³/mol. The molecule has 0 saturated carbocycles. The van der Waals surface area contributed by atoms with E-state index < -0.39 is 16.1 Å². The highest BCUT2D eigenvalue weighted by atomic mass is 32.2. The van der Waals surface area contributed by atoms with Gasteiger partial charge in [-0.2, -0.15) is 0 Å². The Kier molecular flexibility index (Phi) is 8.08. The third-order valence-electron chi connectivity index (χ3n) is 4.55. The van der Waals surface area contributed by atoms with Crippen LogP contribution in [0, 0.1) is 6.92 Å². The average Bonchev–Trinajstić information content (AvgIpc) is 2.67. The molecule has 2 aromatic carbocycles. The number of anilines is 1. The lowest BCUT2D eigenvalue weighted by Crippen LogP contribution is -2.48. The number of hydrogen-bond donors (Lipinski definition) is 1. The highest BCUT2D eigenvalue weighted by Crippen LogP contribution is 2.24. The number of benzene rings is 2. The van der Waals surface area contributed by atoms with Gasteiger partial charge in [-0.15, -0.1) is 0 Å². The molecule has 158 valence electrons. The molecule has 7 heteroatoms. The molecule has 0 aliphatic rings. The Bertz CT molecular complexity index is 893. The van der Waals surface area contributed by atoms with Crippen LogP contribution in [-0.2, 0) is 21.2 Å². The van der Waals surface area contributed by atoms with Crippen LogP contribution in [-0.4, -0.2) is 39.8 Å². The van der Waals surface area contributed by atoms with E-state index in [4.69, 9.17) is 4.74 Å². The number of sulfonamides is 1. The standard InChI is InChI=1S/C22H30N2O4S/c1-5-28-21-14-12-20(13-15-21)24(29(4,26)27)18(3)22(25)23-16-6-7-19-10-8-17(2)9-11-19/h8-15,18H,5-7,16H2,1-4H3,(H,23,25)/t18-/m0/s1. The first-order chi connectivity index (χ1) is 13.7. The van der Waals surface area contributed by atoms with Gasteiger partial charge in [0.25, 0.3) is 0 Å². The van der Waals surface area contributed by atoms with Gasteiger partial charge in [-0.1, -0.05) is 29.8 Å². The third kappa shape index (κ3) is 6.78. The van der Waals surface area contributed by atoms with E-state index >= 15 is 0 Å². The van der Waals surface area contributed by atoms with Crippen molar-refractivity contribution >= 4 is 21.6 Å². The SMILES string of the molecule is CCOc1ccc(N([C@@H](C)C(=O)NCCCc2ccc(C)cc2)S(C)(=O)=O)cc1. The third-order valence-corrected chi connectivity index (χ3v) is 5.79. The van der Waals surface area contributed by atoms with Crippen molar-refractivity contribution in [2.45, 2.75) is 39.7 Å². The van der Waals surface area contributed by atoms with Gasteiger partial charge in [0.05, 0.1) is 18.6 Å². The van der Waals surface area contributed by atoms with Crippen LogP contribution >= 0.6 is 0 Å². The van der Waals surface area contributed by atoms with E-state index in [1.807, 2.05) is 13.8 Å². The Labute approximate surface area is 173 Å². The fourth-order valence-corrected chi connectivity index (χ4v) is 4.25. The van der Waals surface area contributed by atoms with Crippen molar-refractivity contribution in [2.24, 2.45) is 0 Å². The maximum Gasteiger partial charge on any atom is 0.243 e. The molecule has 2 rings (SSSR count). The van der Waals surface area contributed by atoms with E-state index in [-0.39, 0.29) is 5.91 Å².